The molecule has 1 aromatic carbocycles. The third kappa shape index (κ3) is 4.39. The van der Waals surface area contributed by atoms with Gasteiger partial charge in [0, 0.05) is 30.4 Å². The Labute approximate surface area is 168 Å². The number of nitrogens with zero attached hydrogens (tertiary/aromatic N) is 3. The minimum Gasteiger partial charge on any atom is -0.342 e. The molecule has 3 aromatic rings. The molecule has 1 amide bonds. The lowest BCUT2D eigenvalue weighted by Gasteiger charge is -2.32. The Hall–Kier alpha value is -1.76. The third-order valence-electron chi connectivity index (χ3n) is 5.27. The van der Waals surface area contributed by atoms with Gasteiger partial charge in [-0.1, -0.05) is 25.1 Å². The summed E-state index contributed by atoms with van der Waals surface area (Å²) in [5, 5.41) is 3.33. The number of carbonyl (C=O) groups excluding carboxylic acids is 1. The van der Waals surface area contributed by atoms with Crippen LogP contribution in [0.15, 0.2) is 41.8 Å². The van der Waals surface area contributed by atoms with E-state index in [0.717, 1.165) is 44.5 Å². The minimum absolute atomic E-state index is 0.260. The highest BCUT2D eigenvalue weighted by molar-refractivity contribution is 7.18. The molecule has 4 rings (SSSR count). The van der Waals surface area contributed by atoms with Crippen LogP contribution in [-0.2, 0) is 11.3 Å². The van der Waals surface area contributed by atoms with E-state index in [-0.39, 0.29) is 5.91 Å². The summed E-state index contributed by atoms with van der Waals surface area (Å²) in [4.78, 5) is 23.2. The van der Waals surface area contributed by atoms with Crippen LogP contribution < -0.4 is 0 Å². The van der Waals surface area contributed by atoms with E-state index in [1.54, 1.807) is 11.3 Å². The van der Waals surface area contributed by atoms with Gasteiger partial charge >= 0.3 is 0 Å². The summed E-state index contributed by atoms with van der Waals surface area (Å²) >= 11 is 3.56. The van der Waals surface area contributed by atoms with Gasteiger partial charge in [0.1, 0.15) is 0 Å². The Morgan fingerprint density at radius 2 is 2.04 bits per heavy atom. The third-order valence-corrected chi connectivity index (χ3v) is 7.33. The van der Waals surface area contributed by atoms with Gasteiger partial charge in [0.2, 0.25) is 5.91 Å². The molecule has 1 aliphatic rings. The number of likely N-dealkylation sites (tertiary alicyclic amines) is 1. The molecule has 0 bridgehead atoms. The van der Waals surface area contributed by atoms with Crippen LogP contribution in [0.1, 0.15) is 35.6 Å². The van der Waals surface area contributed by atoms with Crippen LogP contribution in [0.5, 0.6) is 0 Å². The summed E-state index contributed by atoms with van der Waals surface area (Å²) in [5.41, 5.74) is 1.10. The number of piperidine rings is 1. The molecule has 0 N–H and O–H groups in total. The van der Waals surface area contributed by atoms with Gasteiger partial charge in [-0.15, -0.1) is 22.7 Å². The Morgan fingerprint density at radius 1 is 1.22 bits per heavy atom. The van der Waals surface area contributed by atoms with E-state index < -0.39 is 0 Å². The van der Waals surface area contributed by atoms with E-state index >= 15 is 0 Å². The van der Waals surface area contributed by atoms with Crippen LogP contribution in [0.3, 0.4) is 0 Å². The van der Waals surface area contributed by atoms with Crippen LogP contribution >= 0.6 is 22.7 Å². The van der Waals surface area contributed by atoms with E-state index in [0.29, 0.717) is 12.5 Å². The van der Waals surface area contributed by atoms with E-state index in [1.165, 1.54) is 14.6 Å². The highest BCUT2D eigenvalue weighted by atomic mass is 32.1. The molecular formula is C21H25N3OS2. The molecule has 0 aliphatic carbocycles. The molecule has 6 heteroatoms. The number of benzene rings is 1. The molecule has 1 fully saturated rings. The SMILES string of the molecule is CCN(CC(=O)N1CCC(c2nc3ccccc3s2)CC1)Cc1cccs1. The van der Waals surface area contributed by atoms with Gasteiger partial charge in [0.15, 0.2) is 0 Å². The van der Waals surface area contributed by atoms with E-state index in [2.05, 4.69) is 47.5 Å². The van der Waals surface area contributed by atoms with Crippen LogP contribution in [-0.4, -0.2) is 46.9 Å². The van der Waals surface area contributed by atoms with Gasteiger partial charge in [0.05, 0.1) is 21.8 Å². The minimum atomic E-state index is 0.260. The van der Waals surface area contributed by atoms with Crippen molar-refractivity contribution in [2.24, 2.45) is 0 Å². The number of aromatic nitrogens is 1. The molecule has 2 aromatic heterocycles. The smallest absolute Gasteiger partial charge is 0.236 e. The molecule has 0 saturated carbocycles. The molecule has 142 valence electrons. The summed E-state index contributed by atoms with van der Waals surface area (Å²) in [7, 11) is 0. The number of likely N-dealkylation sites (N-methyl/N-ethyl adjacent to an activating group) is 1. The zero-order chi connectivity index (χ0) is 18.6. The molecule has 3 heterocycles. The monoisotopic (exact) mass is 399 g/mol. The van der Waals surface area contributed by atoms with E-state index in [4.69, 9.17) is 4.98 Å². The van der Waals surface area contributed by atoms with Crippen LogP contribution in [0.2, 0.25) is 0 Å². The first-order valence-corrected chi connectivity index (χ1v) is 11.3. The molecule has 0 unspecified atom stereocenters. The second kappa shape index (κ2) is 8.50. The largest absolute Gasteiger partial charge is 0.342 e. The average molecular weight is 400 g/mol. The predicted octanol–water partition coefficient (Wildman–Crippen LogP) is 4.59. The maximum Gasteiger partial charge on any atom is 0.236 e. The first kappa shape index (κ1) is 18.6. The first-order valence-electron chi connectivity index (χ1n) is 9.61. The standard InChI is InChI=1S/C21H25N3OS2/c1-2-23(14-17-6-5-13-26-17)15-20(25)24-11-9-16(10-12-24)21-22-18-7-3-4-8-19(18)27-21/h3-8,13,16H,2,9-12,14-15H2,1H3. The number of rotatable bonds is 6. The van der Waals surface area contributed by atoms with Gasteiger partial charge in [-0.05, 0) is 43.0 Å². The van der Waals surface area contributed by atoms with Crippen LogP contribution in [0.4, 0.5) is 0 Å². The lowest BCUT2D eigenvalue weighted by Crippen LogP contribution is -2.43. The Bertz CT molecular complexity index is 849. The van der Waals surface area contributed by atoms with Crippen molar-refractivity contribution in [1.29, 1.82) is 0 Å². The maximum absolute atomic E-state index is 12.8. The number of carbonyl (C=O) groups is 1. The summed E-state index contributed by atoms with van der Waals surface area (Å²) in [6.07, 6.45) is 2.03. The molecule has 0 radical (unpaired) electrons. The van der Waals surface area contributed by atoms with Crippen LogP contribution in [0.25, 0.3) is 10.2 Å². The van der Waals surface area contributed by atoms with E-state index in [1.807, 2.05) is 22.3 Å². The Balaban J connectivity index is 1.32. The van der Waals surface area contributed by atoms with Crippen molar-refractivity contribution < 1.29 is 4.79 Å². The highest BCUT2D eigenvalue weighted by Crippen LogP contribution is 2.33. The number of thiazole rings is 1. The average Bonchev–Trinajstić information content (AvgIpc) is 3.37. The van der Waals surface area contributed by atoms with Crippen molar-refractivity contribution in [3.63, 3.8) is 0 Å². The fraction of sp³-hybridized carbons (Fsp3) is 0.429. The number of thiophene rings is 1. The summed E-state index contributed by atoms with van der Waals surface area (Å²) < 4.78 is 1.26. The summed E-state index contributed by atoms with van der Waals surface area (Å²) in [6.45, 7) is 6.08. The lowest BCUT2D eigenvalue weighted by atomic mass is 9.97. The quantitative estimate of drug-likeness (QED) is 0.608. The van der Waals surface area contributed by atoms with Crippen molar-refractivity contribution in [3.05, 3.63) is 51.7 Å². The number of hydrogen-bond donors (Lipinski definition) is 0. The number of hydrogen-bond acceptors (Lipinski definition) is 5. The maximum atomic E-state index is 12.8. The van der Waals surface area contributed by atoms with Crippen molar-refractivity contribution in [2.75, 3.05) is 26.2 Å². The zero-order valence-electron chi connectivity index (χ0n) is 15.6. The molecule has 4 nitrogen and oxygen atoms in total. The van der Waals surface area contributed by atoms with Crippen molar-refractivity contribution in [2.45, 2.75) is 32.2 Å². The van der Waals surface area contributed by atoms with Gasteiger partial charge < -0.3 is 4.90 Å². The normalized spacial score (nSPS) is 15.7. The molecule has 0 atom stereocenters. The molecule has 1 aliphatic heterocycles. The van der Waals surface area contributed by atoms with Crippen molar-refractivity contribution in [3.8, 4) is 0 Å². The number of fused-ring (bicyclic) bond motifs is 1. The molecular weight excluding hydrogens is 374 g/mol. The second-order valence-electron chi connectivity index (χ2n) is 7.06. The lowest BCUT2D eigenvalue weighted by molar-refractivity contribution is -0.133. The predicted molar refractivity (Wildman–Crippen MR) is 113 cm³/mol. The fourth-order valence-electron chi connectivity index (χ4n) is 3.63. The zero-order valence-corrected chi connectivity index (χ0v) is 17.3. The fourth-order valence-corrected chi connectivity index (χ4v) is 5.52. The number of para-hydroxylation sites is 1. The molecule has 1 saturated heterocycles. The summed E-state index contributed by atoms with van der Waals surface area (Å²) in [5.74, 6) is 0.746. The van der Waals surface area contributed by atoms with Crippen molar-refractivity contribution >= 4 is 38.8 Å². The Morgan fingerprint density at radius 3 is 2.74 bits per heavy atom. The van der Waals surface area contributed by atoms with Gasteiger partial charge in [0.25, 0.3) is 0 Å². The van der Waals surface area contributed by atoms with E-state index in [9.17, 15) is 4.79 Å². The molecule has 0 spiro atoms. The van der Waals surface area contributed by atoms with Crippen molar-refractivity contribution in [1.82, 2.24) is 14.8 Å². The summed E-state index contributed by atoms with van der Waals surface area (Å²) in [6, 6.07) is 12.6. The molecule has 27 heavy (non-hydrogen) atoms. The highest BCUT2D eigenvalue weighted by Gasteiger charge is 2.26. The first-order chi connectivity index (χ1) is 13.2. The van der Waals surface area contributed by atoms with Crippen LogP contribution in [0, 0.1) is 0 Å². The number of amides is 1. The second-order valence-corrected chi connectivity index (χ2v) is 9.15. The topological polar surface area (TPSA) is 36.4 Å². The Kier molecular flexibility index (Phi) is 5.86. The van der Waals surface area contributed by atoms with Gasteiger partial charge in [-0.25, -0.2) is 4.98 Å². The van der Waals surface area contributed by atoms with Gasteiger partial charge in [-0.3, -0.25) is 9.69 Å². The van der Waals surface area contributed by atoms with Gasteiger partial charge in [-0.2, -0.15) is 0 Å².